The molecule has 1 aliphatic rings. The first-order valence-corrected chi connectivity index (χ1v) is 9.42. The van der Waals surface area contributed by atoms with Gasteiger partial charge in [0.2, 0.25) is 0 Å². The van der Waals surface area contributed by atoms with E-state index in [1.807, 2.05) is 60.3 Å². The first-order valence-electron chi connectivity index (χ1n) is 9.42. The molecule has 0 spiro atoms. The number of nitrogens with zero attached hydrogens (tertiary/aromatic N) is 5. The average Bonchev–Trinajstić information content (AvgIpc) is 3.24. The number of amides is 1. The van der Waals surface area contributed by atoms with Crippen LogP contribution in [0.15, 0.2) is 53.3 Å². The minimum atomic E-state index is 0.0781. The zero-order valence-electron chi connectivity index (χ0n) is 16.1. The highest BCUT2D eigenvalue weighted by Gasteiger charge is 2.27. The molecule has 1 amide bonds. The maximum Gasteiger partial charge on any atom is 0.258 e. The van der Waals surface area contributed by atoms with Crippen molar-refractivity contribution in [1.82, 2.24) is 20.0 Å². The van der Waals surface area contributed by atoms with Gasteiger partial charge in [0.1, 0.15) is 0 Å². The summed E-state index contributed by atoms with van der Waals surface area (Å²) in [6, 6.07) is 11.4. The number of benzene rings is 1. The summed E-state index contributed by atoms with van der Waals surface area (Å²) >= 11 is 0. The molecule has 0 atom stereocenters. The third-order valence-electron chi connectivity index (χ3n) is 5.15. The highest BCUT2D eigenvalue weighted by atomic mass is 16.5. The van der Waals surface area contributed by atoms with Gasteiger partial charge < -0.3 is 14.3 Å². The second-order valence-electron chi connectivity index (χ2n) is 7.20. The quantitative estimate of drug-likeness (QED) is 0.695. The summed E-state index contributed by atoms with van der Waals surface area (Å²) < 4.78 is 5.40. The molecule has 2 aromatic heterocycles. The van der Waals surface area contributed by atoms with Crippen molar-refractivity contribution in [1.29, 1.82) is 0 Å². The highest BCUT2D eigenvalue weighted by molar-refractivity contribution is 5.94. The van der Waals surface area contributed by atoms with Crippen LogP contribution in [0.5, 0.6) is 0 Å². The Morgan fingerprint density at radius 3 is 2.39 bits per heavy atom. The number of aromatic nitrogens is 3. The van der Waals surface area contributed by atoms with Gasteiger partial charge in [0.15, 0.2) is 5.82 Å². The fourth-order valence-electron chi connectivity index (χ4n) is 3.44. The van der Waals surface area contributed by atoms with E-state index in [0.717, 1.165) is 29.7 Å². The van der Waals surface area contributed by atoms with Gasteiger partial charge in [-0.3, -0.25) is 9.78 Å². The lowest BCUT2D eigenvalue weighted by Crippen LogP contribution is -2.38. The predicted molar refractivity (Wildman–Crippen MR) is 106 cm³/mol. The fraction of sp³-hybridized carbons (Fsp3) is 0.333. The molecule has 0 radical (unpaired) electrons. The highest BCUT2D eigenvalue weighted by Crippen LogP contribution is 2.28. The smallest absolute Gasteiger partial charge is 0.258 e. The molecule has 0 N–H and O–H groups in total. The van der Waals surface area contributed by atoms with Crippen LogP contribution in [-0.2, 0) is 0 Å². The molecule has 7 heteroatoms. The minimum absolute atomic E-state index is 0.0781. The van der Waals surface area contributed by atoms with Crippen molar-refractivity contribution >= 4 is 11.6 Å². The van der Waals surface area contributed by atoms with Crippen molar-refractivity contribution in [3.8, 4) is 11.5 Å². The van der Waals surface area contributed by atoms with Crippen LogP contribution in [0.1, 0.15) is 34.9 Å². The molecule has 7 nitrogen and oxygen atoms in total. The second kappa shape index (κ2) is 7.80. The van der Waals surface area contributed by atoms with Gasteiger partial charge >= 0.3 is 0 Å². The van der Waals surface area contributed by atoms with Crippen molar-refractivity contribution in [3.05, 3.63) is 60.2 Å². The third kappa shape index (κ3) is 3.74. The van der Waals surface area contributed by atoms with E-state index in [0.29, 0.717) is 24.8 Å². The number of hydrogen-bond donors (Lipinski definition) is 0. The van der Waals surface area contributed by atoms with Crippen LogP contribution in [0, 0.1) is 0 Å². The molecule has 1 aliphatic heterocycles. The lowest BCUT2D eigenvalue weighted by Gasteiger charge is -2.30. The summed E-state index contributed by atoms with van der Waals surface area (Å²) in [6.45, 7) is 1.39. The van der Waals surface area contributed by atoms with Crippen molar-refractivity contribution < 1.29 is 9.32 Å². The molecule has 28 heavy (non-hydrogen) atoms. The Kier molecular flexibility index (Phi) is 5.06. The number of anilines is 1. The third-order valence-corrected chi connectivity index (χ3v) is 5.15. The summed E-state index contributed by atoms with van der Waals surface area (Å²) in [6.07, 6.45) is 5.07. The van der Waals surface area contributed by atoms with Crippen LogP contribution >= 0.6 is 0 Å². The Balaban J connectivity index is 1.38. The lowest BCUT2D eigenvalue weighted by atomic mass is 9.95. The number of hydrogen-bond acceptors (Lipinski definition) is 6. The van der Waals surface area contributed by atoms with Crippen molar-refractivity contribution in [3.63, 3.8) is 0 Å². The first kappa shape index (κ1) is 18.2. The summed E-state index contributed by atoms with van der Waals surface area (Å²) in [7, 11) is 3.97. The summed E-state index contributed by atoms with van der Waals surface area (Å²) in [4.78, 5) is 25.2. The molecule has 1 aromatic carbocycles. The van der Waals surface area contributed by atoms with E-state index in [2.05, 4.69) is 15.1 Å². The van der Waals surface area contributed by atoms with E-state index in [1.54, 1.807) is 12.4 Å². The van der Waals surface area contributed by atoms with E-state index in [1.165, 1.54) is 0 Å². The van der Waals surface area contributed by atoms with Gasteiger partial charge in [-0.2, -0.15) is 4.98 Å². The number of pyridine rings is 1. The SMILES string of the molecule is CN(C)c1ccc(C(=O)N2CCC(c3noc(-c4ccncc4)n3)CC2)cc1. The van der Waals surface area contributed by atoms with Crippen LogP contribution in [0.2, 0.25) is 0 Å². The molecule has 0 bridgehead atoms. The Morgan fingerprint density at radius 1 is 1.07 bits per heavy atom. The van der Waals surface area contributed by atoms with Gasteiger partial charge in [0.05, 0.1) is 0 Å². The number of rotatable bonds is 4. The standard InChI is InChI=1S/C21H23N5O2/c1-25(2)18-5-3-17(4-6-18)21(27)26-13-9-15(10-14-26)19-23-20(28-24-19)16-7-11-22-12-8-16/h3-8,11-12,15H,9-10,13-14H2,1-2H3. The van der Waals surface area contributed by atoms with Crippen LogP contribution in [0.4, 0.5) is 5.69 Å². The van der Waals surface area contributed by atoms with Crippen molar-refractivity contribution in [2.75, 3.05) is 32.1 Å². The molecule has 4 rings (SSSR count). The largest absolute Gasteiger partial charge is 0.378 e. The monoisotopic (exact) mass is 377 g/mol. The first-order chi connectivity index (χ1) is 13.6. The summed E-state index contributed by atoms with van der Waals surface area (Å²) in [5.74, 6) is 1.51. The number of carbonyl (C=O) groups excluding carboxylic acids is 1. The Labute approximate surface area is 164 Å². The number of carbonyl (C=O) groups is 1. The van der Waals surface area contributed by atoms with Gasteiger partial charge in [0.25, 0.3) is 11.8 Å². The van der Waals surface area contributed by atoms with Gasteiger partial charge in [-0.25, -0.2) is 0 Å². The summed E-state index contributed by atoms with van der Waals surface area (Å²) in [5, 5.41) is 4.16. The molecule has 3 heterocycles. The Bertz CT molecular complexity index is 929. The van der Waals surface area contributed by atoms with Gasteiger partial charge in [-0.15, -0.1) is 0 Å². The second-order valence-corrected chi connectivity index (χ2v) is 7.20. The fourth-order valence-corrected chi connectivity index (χ4v) is 3.44. The van der Waals surface area contributed by atoms with E-state index in [4.69, 9.17) is 4.52 Å². The molecule has 0 aliphatic carbocycles. The van der Waals surface area contributed by atoms with Gasteiger partial charge in [-0.1, -0.05) is 5.16 Å². The van der Waals surface area contributed by atoms with E-state index in [-0.39, 0.29) is 11.8 Å². The number of piperidine rings is 1. The van der Waals surface area contributed by atoms with Crippen LogP contribution in [-0.4, -0.2) is 53.1 Å². The van der Waals surface area contributed by atoms with Crippen LogP contribution < -0.4 is 4.90 Å². The molecule has 1 saturated heterocycles. The molecular weight excluding hydrogens is 354 g/mol. The van der Waals surface area contributed by atoms with Gasteiger partial charge in [0, 0.05) is 62.3 Å². The molecule has 1 fully saturated rings. The molecule has 144 valence electrons. The lowest BCUT2D eigenvalue weighted by molar-refractivity contribution is 0.0710. The molecule has 0 unspecified atom stereocenters. The molecule has 3 aromatic rings. The molecular formula is C21H23N5O2. The van der Waals surface area contributed by atoms with Crippen molar-refractivity contribution in [2.45, 2.75) is 18.8 Å². The maximum absolute atomic E-state index is 12.8. The Hall–Kier alpha value is -3.22. The number of likely N-dealkylation sites (tertiary alicyclic amines) is 1. The zero-order chi connectivity index (χ0) is 19.5. The van der Waals surface area contributed by atoms with Crippen LogP contribution in [0.3, 0.4) is 0 Å². The molecule has 0 saturated carbocycles. The van der Waals surface area contributed by atoms with E-state index < -0.39 is 0 Å². The van der Waals surface area contributed by atoms with E-state index in [9.17, 15) is 4.79 Å². The van der Waals surface area contributed by atoms with Crippen molar-refractivity contribution in [2.24, 2.45) is 0 Å². The Morgan fingerprint density at radius 2 is 1.75 bits per heavy atom. The predicted octanol–water partition coefficient (Wildman–Crippen LogP) is 3.22. The van der Waals surface area contributed by atoms with E-state index >= 15 is 0 Å². The normalized spacial score (nSPS) is 14.9. The minimum Gasteiger partial charge on any atom is -0.378 e. The summed E-state index contributed by atoms with van der Waals surface area (Å²) in [5.41, 5.74) is 2.67. The zero-order valence-corrected chi connectivity index (χ0v) is 16.1. The van der Waals surface area contributed by atoms with Gasteiger partial charge in [-0.05, 0) is 49.2 Å². The topological polar surface area (TPSA) is 75.4 Å². The average molecular weight is 377 g/mol. The van der Waals surface area contributed by atoms with Crippen LogP contribution in [0.25, 0.3) is 11.5 Å². The maximum atomic E-state index is 12.8.